The number of carbonyl (C=O) groups excluding carboxylic acids is 2. The van der Waals surface area contributed by atoms with Gasteiger partial charge in [0, 0.05) is 50.8 Å². The molecule has 8 heteroatoms. The van der Waals surface area contributed by atoms with Crippen molar-refractivity contribution < 1.29 is 19.1 Å². The minimum Gasteiger partial charge on any atom is -0.493 e. The molecule has 182 valence electrons. The van der Waals surface area contributed by atoms with E-state index in [0.717, 1.165) is 89.4 Å². The Morgan fingerprint density at radius 3 is 2.70 bits per heavy atom. The number of nitrogens with two attached hydrogens (primary N) is 1. The standard InChI is InChI=1S/C25H38N4O4/c1-2-3-4-22(30)33-25(24(26)31)10-5-19(6-11-25)8-13-28-14-16-29(17-15-28)23-20-9-18-32-21(20)7-12-27-23/h7,12,19H,2-6,8-11,13-18H2,1H3,(H2,26,31). The van der Waals surface area contributed by atoms with Gasteiger partial charge in [-0.05, 0) is 57.1 Å². The van der Waals surface area contributed by atoms with Crippen LogP contribution in [0.5, 0.6) is 5.75 Å². The van der Waals surface area contributed by atoms with E-state index in [9.17, 15) is 9.59 Å². The Labute approximate surface area is 196 Å². The number of carbonyl (C=O) groups is 2. The van der Waals surface area contributed by atoms with Crippen molar-refractivity contribution in [2.24, 2.45) is 11.7 Å². The van der Waals surface area contributed by atoms with E-state index in [1.165, 1.54) is 5.56 Å². The van der Waals surface area contributed by atoms with Gasteiger partial charge >= 0.3 is 5.97 Å². The topological polar surface area (TPSA) is 98.0 Å². The van der Waals surface area contributed by atoms with Gasteiger partial charge in [-0.25, -0.2) is 4.98 Å². The van der Waals surface area contributed by atoms with Crippen LogP contribution in [0.15, 0.2) is 12.3 Å². The van der Waals surface area contributed by atoms with Crippen LogP contribution in [0, 0.1) is 5.92 Å². The Morgan fingerprint density at radius 1 is 1.24 bits per heavy atom. The number of fused-ring (bicyclic) bond motifs is 1. The number of pyridine rings is 1. The van der Waals surface area contributed by atoms with Crippen molar-refractivity contribution in [3.63, 3.8) is 0 Å². The highest BCUT2D eigenvalue weighted by Gasteiger charge is 2.43. The number of primary amides is 1. The van der Waals surface area contributed by atoms with Gasteiger partial charge in [0.1, 0.15) is 11.6 Å². The number of esters is 1. The first-order valence-corrected chi connectivity index (χ1v) is 12.6. The minimum absolute atomic E-state index is 0.294. The van der Waals surface area contributed by atoms with Gasteiger partial charge in [0.25, 0.3) is 5.91 Å². The molecule has 0 aromatic carbocycles. The molecule has 1 aliphatic carbocycles. The predicted octanol–water partition coefficient (Wildman–Crippen LogP) is 2.68. The highest BCUT2D eigenvalue weighted by atomic mass is 16.6. The van der Waals surface area contributed by atoms with Crippen LogP contribution in [0.1, 0.15) is 63.9 Å². The maximum atomic E-state index is 12.1. The van der Waals surface area contributed by atoms with Crippen molar-refractivity contribution in [1.82, 2.24) is 9.88 Å². The highest BCUT2D eigenvalue weighted by Crippen LogP contribution is 2.37. The minimum atomic E-state index is -1.10. The zero-order chi connectivity index (χ0) is 23.3. The molecule has 4 rings (SSSR count). The molecule has 8 nitrogen and oxygen atoms in total. The lowest BCUT2D eigenvalue weighted by atomic mass is 9.77. The zero-order valence-electron chi connectivity index (χ0n) is 19.9. The lowest BCUT2D eigenvalue weighted by Crippen LogP contribution is -2.50. The molecule has 0 atom stereocenters. The highest BCUT2D eigenvalue weighted by molar-refractivity contribution is 5.86. The Bertz CT molecular complexity index is 830. The number of anilines is 1. The summed E-state index contributed by atoms with van der Waals surface area (Å²) in [7, 11) is 0. The fourth-order valence-electron chi connectivity index (χ4n) is 5.34. The van der Waals surface area contributed by atoms with Crippen molar-refractivity contribution in [2.45, 2.75) is 70.3 Å². The molecule has 2 fully saturated rings. The summed E-state index contributed by atoms with van der Waals surface area (Å²) in [6, 6.07) is 1.96. The number of aromatic nitrogens is 1. The van der Waals surface area contributed by atoms with Crippen molar-refractivity contribution in [3.8, 4) is 5.75 Å². The first-order valence-electron chi connectivity index (χ1n) is 12.6. The Hall–Kier alpha value is -2.35. The molecule has 1 aromatic heterocycles. The number of unbranched alkanes of at least 4 members (excludes halogenated alkanes) is 1. The van der Waals surface area contributed by atoms with Gasteiger partial charge in [-0.3, -0.25) is 14.5 Å². The maximum absolute atomic E-state index is 12.1. The first kappa shape index (κ1) is 23.8. The molecule has 0 bridgehead atoms. The summed E-state index contributed by atoms with van der Waals surface area (Å²) >= 11 is 0. The smallest absolute Gasteiger partial charge is 0.306 e. The van der Waals surface area contributed by atoms with Gasteiger partial charge in [-0.2, -0.15) is 0 Å². The molecule has 3 aliphatic rings. The number of ether oxygens (including phenoxy) is 2. The second-order valence-electron chi connectivity index (χ2n) is 9.71. The number of nitrogens with zero attached hydrogens (tertiary/aromatic N) is 3. The van der Waals surface area contributed by atoms with Crippen LogP contribution in [0.2, 0.25) is 0 Å². The summed E-state index contributed by atoms with van der Waals surface area (Å²) in [6.45, 7) is 7.85. The van der Waals surface area contributed by atoms with Crippen LogP contribution < -0.4 is 15.4 Å². The normalized spacial score (nSPS) is 25.4. The average Bonchev–Trinajstić information content (AvgIpc) is 3.32. The molecule has 2 aliphatic heterocycles. The Kier molecular flexibility index (Phi) is 7.73. The molecule has 1 saturated carbocycles. The molecule has 2 N–H and O–H groups in total. The van der Waals surface area contributed by atoms with E-state index in [-0.39, 0.29) is 5.97 Å². The fourth-order valence-corrected chi connectivity index (χ4v) is 5.34. The molecule has 1 saturated heterocycles. The molecule has 1 amide bonds. The molecule has 1 aromatic rings. The molecule has 0 spiro atoms. The third kappa shape index (κ3) is 5.60. The predicted molar refractivity (Wildman–Crippen MR) is 126 cm³/mol. The monoisotopic (exact) mass is 458 g/mol. The summed E-state index contributed by atoms with van der Waals surface area (Å²) < 4.78 is 11.3. The van der Waals surface area contributed by atoms with E-state index in [1.54, 1.807) is 0 Å². The second-order valence-corrected chi connectivity index (χ2v) is 9.71. The molecular weight excluding hydrogens is 420 g/mol. The first-order chi connectivity index (χ1) is 16.0. The summed E-state index contributed by atoms with van der Waals surface area (Å²) in [5.41, 5.74) is 5.82. The zero-order valence-corrected chi connectivity index (χ0v) is 19.9. The van der Waals surface area contributed by atoms with Gasteiger partial charge in [0.05, 0.1) is 6.61 Å². The lowest BCUT2D eigenvalue weighted by Gasteiger charge is -2.39. The Balaban J connectivity index is 1.21. The second kappa shape index (κ2) is 10.7. The number of piperazine rings is 1. The summed E-state index contributed by atoms with van der Waals surface area (Å²) in [6.07, 6.45) is 8.81. The van der Waals surface area contributed by atoms with Crippen molar-refractivity contribution in [1.29, 1.82) is 0 Å². The molecule has 0 unspecified atom stereocenters. The van der Waals surface area contributed by atoms with Crippen molar-refractivity contribution in [3.05, 3.63) is 17.8 Å². The third-order valence-corrected chi connectivity index (χ3v) is 7.53. The van der Waals surface area contributed by atoms with E-state index in [4.69, 9.17) is 15.2 Å². The molecule has 33 heavy (non-hydrogen) atoms. The molecule has 0 radical (unpaired) electrons. The van der Waals surface area contributed by atoms with E-state index in [1.807, 2.05) is 19.2 Å². The van der Waals surface area contributed by atoms with Crippen LogP contribution in [-0.4, -0.2) is 66.7 Å². The Morgan fingerprint density at radius 2 is 2.00 bits per heavy atom. The van der Waals surface area contributed by atoms with Crippen molar-refractivity contribution >= 4 is 17.7 Å². The lowest BCUT2D eigenvalue weighted by molar-refractivity contribution is -0.172. The summed E-state index contributed by atoms with van der Waals surface area (Å²) in [5.74, 6) is 1.84. The van der Waals surface area contributed by atoms with Crippen LogP contribution in [0.4, 0.5) is 5.82 Å². The van der Waals surface area contributed by atoms with E-state index in [2.05, 4.69) is 14.8 Å². The van der Waals surface area contributed by atoms with E-state index < -0.39 is 11.5 Å². The van der Waals surface area contributed by atoms with Gasteiger partial charge in [0.2, 0.25) is 0 Å². The van der Waals surface area contributed by atoms with Crippen LogP contribution >= 0.6 is 0 Å². The van der Waals surface area contributed by atoms with Crippen LogP contribution in [0.25, 0.3) is 0 Å². The quantitative estimate of drug-likeness (QED) is 0.568. The largest absolute Gasteiger partial charge is 0.493 e. The average molecular weight is 459 g/mol. The van der Waals surface area contributed by atoms with Crippen LogP contribution in [0.3, 0.4) is 0 Å². The number of amides is 1. The van der Waals surface area contributed by atoms with Gasteiger partial charge in [0.15, 0.2) is 5.60 Å². The fraction of sp³-hybridized carbons (Fsp3) is 0.720. The van der Waals surface area contributed by atoms with Crippen molar-refractivity contribution in [2.75, 3.05) is 44.2 Å². The number of rotatable bonds is 9. The van der Waals surface area contributed by atoms with Gasteiger partial charge < -0.3 is 20.1 Å². The summed E-state index contributed by atoms with van der Waals surface area (Å²) in [5, 5.41) is 0. The molecule has 3 heterocycles. The van der Waals surface area contributed by atoms with E-state index >= 15 is 0 Å². The van der Waals surface area contributed by atoms with Gasteiger partial charge in [-0.15, -0.1) is 0 Å². The maximum Gasteiger partial charge on any atom is 0.306 e. The van der Waals surface area contributed by atoms with Gasteiger partial charge in [-0.1, -0.05) is 13.3 Å². The number of hydrogen-bond acceptors (Lipinski definition) is 7. The SMILES string of the molecule is CCCCC(=O)OC1(C(N)=O)CCC(CCN2CCN(c3nccc4c3CCO4)CC2)CC1. The third-order valence-electron chi connectivity index (χ3n) is 7.53. The van der Waals surface area contributed by atoms with Crippen LogP contribution in [-0.2, 0) is 20.7 Å². The van der Waals surface area contributed by atoms with E-state index in [0.29, 0.717) is 25.2 Å². The number of hydrogen-bond donors (Lipinski definition) is 1. The summed E-state index contributed by atoms with van der Waals surface area (Å²) in [4.78, 5) is 33.8. The molecular formula is C25H38N4O4.